The van der Waals surface area contributed by atoms with E-state index in [1.165, 1.54) is 0 Å². The number of nitrogens with zero attached hydrogens (tertiary/aromatic N) is 5. The monoisotopic (exact) mass is 636 g/mol. The average molecular weight is 637 g/mol. The Kier molecular flexibility index (Phi) is 9.05. The molecule has 0 spiro atoms. The summed E-state index contributed by atoms with van der Waals surface area (Å²) >= 11 is 5.57. The first-order valence-corrected chi connectivity index (χ1v) is 15.9. The summed E-state index contributed by atoms with van der Waals surface area (Å²) in [5.74, 6) is 0.780. The molecule has 1 fully saturated rings. The zero-order valence-electron chi connectivity index (χ0n) is 26.7. The maximum atomic E-state index is 13.9. The Morgan fingerprint density at radius 1 is 1.07 bits per heavy atom. The molecular weight excluding hydrogens is 597 g/mol. The Bertz CT molecular complexity index is 1780. The van der Waals surface area contributed by atoms with Crippen LogP contribution in [0.1, 0.15) is 38.2 Å². The molecule has 0 aliphatic carbocycles. The number of carbonyl (C=O) groups is 2. The first-order chi connectivity index (χ1) is 22.2. The van der Waals surface area contributed by atoms with Gasteiger partial charge in [-0.3, -0.25) is 9.48 Å². The van der Waals surface area contributed by atoms with Gasteiger partial charge in [0.1, 0.15) is 10.8 Å². The van der Waals surface area contributed by atoms with Crippen molar-refractivity contribution in [1.29, 1.82) is 0 Å². The normalized spacial score (nSPS) is 15.7. The molecule has 1 unspecified atom stereocenters. The zero-order chi connectivity index (χ0) is 32.4. The molecule has 4 aromatic rings. The van der Waals surface area contributed by atoms with Gasteiger partial charge in [-0.05, 0) is 60.4 Å². The SMILES string of the molecule is Cc1cc(C(=O)N2Cc3cnn(C)c3Nc3ccccc32)ccc1CNC(=O)N1CCNCC1Cc1cccc(C(=S)N(C)C)c1. The summed E-state index contributed by atoms with van der Waals surface area (Å²) in [4.78, 5) is 33.8. The lowest BCUT2D eigenvalue weighted by atomic mass is 10.0. The van der Waals surface area contributed by atoms with Gasteiger partial charge in [0, 0.05) is 70.1 Å². The van der Waals surface area contributed by atoms with E-state index in [2.05, 4.69) is 33.2 Å². The van der Waals surface area contributed by atoms with Crippen LogP contribution in [0.4, 0.5) is 22.0 Å². The second-order valence-electron chi connectivity index (χ2n) is 12.1. The predicted molar refractivity (Wildman–Crippen MR) is 186 cm³/mol. The highest BCUT2D eigenvalue weighted by atomic mass is 32.1. The summed E-state index contributed by atoms with van der Waals surface area (Å²) in [6.45, 7) is 4.86. The van der Waals surface area contributed by atoms with E-state index in [-0.39, 0.29) is 18.0 Å². The van der Waals surface area contributed by atoms with Crippen molar-refractivity contribution >= 4 is 46.3 Å². The summed E-state index contributed by atoms with van der Waals surface area (Å²) in [5.41, 5.74) is 7.27. The van der Waals surface area contributed by atoms with Crippen molar-refractivity contribution in [2.24, 2.45) is 7.05 Å². The standard InChI is InChI=1S/C35H40N8O2S/c1-23-16-25(33(44)43-22-28-20-38-41(4)32(28)39-30-10-5-6-11-31(30)43)12-13-27(23)19-37-35(45)42-15-14-36-21-29(42)18-24-8-7-9-26(17-24)34(46)40(2)3/h5-13,16-17,20,29,36,39H,14-15,18-19,21-22H2,1-4H3,(H,37,45). The third kappa shape index (κ3) is 6.47. The molecule has 1 atom stereocenters. The van der Waals surface area contributed by atoms with Crippen LogP contribution in [-0.4, -0.2) is 76.3 Å². The van der Waals surface area contributed by atoms with Crippen molar-refractivity contribution in [1.82, 2.24) is 30.2 Å². The van der Waals surface area contributed by atoms with E-state index in [0.717, 1.165) is 69.5 Å². The van der Waals surface area contributed by atoms with Gasteiger partial charge < -0.3 is 30.7 Å². The van der Waals surface area contributed by atoms with Crippen LogP contribution in [0.3, 0.4) is 0 Å². The van der Waals surface area contributed by atoms with Gasteiger partial charge in [-0.1, -0.05) is 48.6 Å². The first kappa shape index (κ1) is 31.3. The minimum atomic E-state index is -0.0938. The molecule has 2 aliphatic heterocycles. The first-order valence-electron chi connectivity index (χ1n) is 15.5. The lowest BCUT2D eigenvalue weighted by molar-refractivity contribution is 0.0985. The number of anilines is 3. The molecule has 0 radical (unpaired) electrons. The summed E-state index contributed by atoms with van der Waals surface area (Å²) in [6, 6.07) is 21.7. The second-order valence-corrected chi connectivity index (χ2v) is 12.5. The molecule has 3 heterocycles. The van der Waals surface area contributed by atoms with Crippen LogP contribution < -0.4 is 20.9 Å². The molecule has 3 N–H and O–H groups in total. The van der Waals surface area contributed by atoms with E-state index < -0.39 is 0 Å². The van der Waals surface area contributed by atoms with Crippen LogP contribution in [-0.2, 0) is 26.6 Å². The molecule has 3 amide bonds. The van der Waals surface area contributed by atoms with Gasteiger partial charge in [0.15, 0.2) is 0 Å². The number of amides is 3. The van der Waals surface area contributed by atoms with Crippen molar-refractivity contribution in [2.45, 2.75) is 32.5 Å². The maximum Gasteiger partial charge on any atom is 0.318 e. The van der Waals surface area contributed by atoms with Crippen LogP contribution in [0.25, 0.3) is 0 Å². The number of benzene rings is 3. The fourth-order valence-electron chi connectivity index (χ4n) is 6.17. The van der Waals surface area contributed by atoms with Crippen molar-refractivity contribution in [3.63, 3.8) is 0 Å². The highest BCUT2D eigenvalue weighted by Gasteiger charge is 2.28. The Balaban J connectivity index is 1.13. The molecule has 10 nitrogen and oxygen atoms in total. The molecular formula is C35H40N8O2S. The van der Waals surface area contributed by atoms with Gasteiger partial charge in [-0.15, -0.1) is 0 Å². The number of aromatic nitrogens is 2. The van der Waals surface area contributed by atoms with Gasteiger partial charge in [0.05, 0.1) is 24.1 Å². The Morgan fingerprint density at radius 2 is 1.89 bits per heavy atom. The minimum Gasteiger partial charge on any atom is -0.368 e. The molecule has 1 aromatic heterocycles. The number of piperazine rings is 1. The Labute approximate surface area is 275 Å². The lowest BCUT2D eigenvalue weighted by Gasteiger charge is -2.36. The van der Waals surface area contributed by atoms with Crippen molar-refractivity contribution in [2.75, 3.05) is 43.9 Å². The number of nitrogens with one attached hydrogen (secondary N) is 3. The smallest absolute Gasteiger partial charge is 0.318 e. The number of rotatable bonds is 6. The molecule has 238 valence electrons. The lowest BCUT2D eigenvalue weighted by Crippen LogP contribution is -2.57. The number of hydrogen-bond acceptors (Lipinski definition) is 6. The second kappa shape index (κ2) is 13.3. The van der Waals surface area contributed by atoms with E-state index in [1.54, 1.807) is 15.8 Å². The summed E-state index contributed by atoms with van der Waals surface area (Å²) in [5, 5.41) is 14.4. The average Bonchev–Trinajstić information content (AvgIpc) is 3.30. The number of fused-ring (bicyclic) bond motifs is 2. The molecule has 0 bridgehead atoms. The molecule has 0 saturated carbocycles. The van der Waals surface area contributed by atoms with Crippen LogP contribution in [0, 0.1) is 6.92 Å². The molecule has 6 rings (SSSR count). The van der Waals surface area contributed by atoms with Crippen LogP contribution >= 0.6 is 12.2 Å². The van der Waals surface area contributed by atoms with E-state index in [0.29, 0.717) is 25.2 Å². The number of para-hydroxylation sites is 2. The molecule has 11 heteroatoms. The number of thiocarbonyl (C=S) groups is 1. The minimum absolute atomic E-state index is 0.0179. The zero-order valence-corrected chi connectivity index (χ0v) is 27.5. The van der Waals surface area contributed by atoms with Gasteiger partial charge >= 0.3 is 6.03 Å². The number of urea groups is 1. The van der Waals surface area contributed by atoms with Gasteiger partial charge in [-0.2, -0.15) is 5.10 Å². The van der Waals surface area contributed by atoms with Gasteiger partial charge in [0.25, 0.3) is 5.91 Å². The number of hydrogen-bond donors (Lipinski definition) is 3. The summed E-state index contributed by atoms with van der Waals surface area (Å²) < 4.78 is 1.79. The van der Waals surface area contributed by atoms with E-state index >= 15 is 0 Å². The molecule has 2 aliphatic rings. The van der Waals surface area contributed by atoms with Crippen LogP contribution in [0.15, 0.2) is 72.9 Å². The third-order valence-electron chi connectivity index (χ3n) is 8.72. The Hall–Kier alpha value is -4.74. The molecule has 46 heavy (non-hydrogen) atoms. The number of aryl methyl sites for hydroxylation is 2. The summed E-state index contributed by atoms with van der Waals surface area (Å²) in [7, 11) is 5.78. The third-order valence-corrected chi connectivity index (χ3v) is 9.32. The van der Waals surface area contributed by atoms with Gasteiger partial charge in [0.2, 0.25) is 0 Å². The summed E-state index contributed by atoms with van der Waals surface area (Å²) in [6.07, 6.45) is 2.53. The number of carbonyl (C=O) groups excluding carboxylic acids is 2. The largest absolute Gasteiger partial charge is 0.368 e. The van der Waals surface area contributed by atoms with Crippen molar-refractivity contribution < 1.29 is 9.59 Å². The Morgan fingerprint density at radius 3 is 2.70 bits per heavy atom. The van der Waals surface area contributed by atoms with E-state index in [9.17, 15) is 9.59 Å². The highest BCUT2D eigenvalue weighted by Crippen LogP contribution is 2.36. The van der Waals surface area contributed by atoms with E-state index in [1.807, 2.05) is 92.5 Å². The quantitative estimate of drug-likeness (QED) is 0.267. The van der Waals surface area contributed by atoms with E-state index in [4.69, 9.17) is 12.2 Å². The molecule has 3 aromatic carbocycles. The van der Waals surface area contributed by atoms with Gasteiger partial charge in [-0.25, -0.2) is 4.79 Å². The molecule has 1 saturated heterocycles. The van der Waals surface area contributed by atoms with Crippen LogP contribution in [0.2, 0.25) is 0 Å². The maximum absolute atomic E-state index is 13.9. The van der Waals surface area contributed by atoms with Crippen molar-refractivity contribution in [3.8, 4) is 0 Å². The van der Waals surface area contributed by atoms with Crippen molar-refractivity contribution in [3.05, 3.63) is 106 Å². The predicted octanol–water partition coefficient (Wildman–Crippen LogP) is 4.60. The topological polar surface area (TPSA) is 97.8 Å². The highest BCUT2D eigenvalue weighted by molar-refractivity contribution is 7.80. The fraction of sp³-hybridized carbons (Fsp3) is 0.314. The van der Waals surface area contributed by atoms with Crippen LogP contribution in [0.5, 0.6) is 0 Å². The fourth-order valence-corrected chi connectivity index (χ4v) is 6.29.